The van der Waals surface area contributed by atoms with E-state index in [0.29, 0.717) is 5.69 Å². The number of halogens is 1. The molecule has 0 fully saturated rings. The second-order valence-electron chi connectivity index (χ2n) is 6.33. The largest absolute Gasteiger partial charge is 0.348 e. The van der Waals surface area contributed by atoms with Crippen LogP contribution in [-0.4, -0.2) is 27.1 Å². The molecule has 0 aliphatic rings. The fraction of sp³-hybridized carbons (Fsp3) is 0.316. The minimum absolute atomic E-state index is 0.325. The van der Waals surface area contributed by atoms with Gasteiger partial charge in [-0.1, -0.05) is 24.3 Å². The van der Waals surface area contributed by atoms with Crippen LogP contribution in [0, 0.1) is 19.7 Å². The Morgan fingerprint density at radius 3 is 2.35 bits per heavy atom. The van der Waals surface area contributed by atoms with Gasteiger partial charge in [-0.3, -0.25) is 9.10 Å². The molecule has 2 aromatic carbocycles. The summed E-state index contributed by atoms with van der Waals surface area (Å²) in [7, 11) is -3.64. The Labute approximate surface area is 153 Å². The average molecular weight is 378 g/mol. The van der Waals surface area contributed by atoms with Crippen molar-refractivity contribution in [3.8, 4) is 0 Å². The third kappa shape index (κ3) is 4.82. The van der Waals surface area contributed by atoms with E-state index in [4.69, 9.17) is 0 Å². The molecule has 1 amide bonds. The number of sulfonamides is 1. The van der Waals surface area contributed by atoms with Gasteiger partial charge in [-0.05, 0) is 55.7 Å². The highest BCUT2D eigenvalue weighted by molar-refractivity contribution is 7.92. The van der Waals surface area contributed by atoms with Gasteiger partial charge in [0.15, 0.2) is 0 Å². The molecule has 0 saturated heterocycles. The number of nitrogens with zero attached hydrogens (tertiary/aromatic N) is 1. The van der Waals surface area contributed by atoms with Gasteiger partial charge in [0.25, 0.3) is 0 Å². The third-order valence-corrected chi connectivity index (χ3v) is 5.41. The number of nitrogens with one attached hydrogen (secondary N) is 1. The van der Waals surface area contributed by atoms with E-state index in [1.54, 1.807) is 31.2 Å². The molecule has 0 bridgehead atoms. The number of aryl methyl sites for hydroxylation is 1. The Hall–Kier alpha value is -2.41. The lowest BCUT2D eigenvalue weighted by Crippen LogP contribution is -2.41. The molecule has 1 N–H and O–H groups in total. The number of hydrogen-bond acceptors (Lipinski definition) is 3. The van der Waals surface area contributed by atoms with Crippen LogP contribution in [0.3, 0.4) is 0 Å². The number of hydrogen-bond donors (Lipinski definition) is 1. The Bertz CT molecular complexity index is 896. The van der Waals surface area contributed by atoms with Gasteiger partial charge in [-0.15, -0.1) is 0 Å². The molecule has 0 heterocycles. The van der Waals surface area contributed by atoms with Crippen LogP contribution in [0.5, 0.6) is 0 Å². The van der Waals surface area contributed by atoms with Crippen LogP contribution < -0.4 is 9.62 Å². The van der Waals surface area contributed by atoms with Crippen molar-refractivity contribution in [2.75, 3.05) is 17.1 Å². The zero-order valence-corrected chi connectivity index (χ0v) is 16.1. The van der Waals surface area contributed by atoms with Gasteiger partial charge in [-0.2, -0.15) is 0 Å². The summed E-state index contributed by atoms with van der Waals surface area (Å²) in [5.74, 6) is -0.793. The highest BCUT2D eigenvalue weighted by atomic mass is 32.2. The molecular weight excluding hydrogens is 355 g/mol. The van der Waals surface area contributed by atoms with Crippen LogP contribution in [-0.2, 0) is 14.8 Å². The summed E-state index contributed by atoms with van der Waals surface area (Å²) in [6, 6.07) is 10.8. The second-order valence-corrected chi connectivity index (χ2v) is 8.24. The van der Waals surface area contributed by atoms with Gasteiger partial charge in [0, 0.05) is 0 Å². The number of benzene rings is 2. The van der Waals surface area contributed by atoms with Crippen molar-refractivity contribution >= 4 is 21.6 Å². The van der Waals surface area contributed by atoms with Gasteiger partial charge in [-0.25, -0.2) is 12.8 Å². The predicted octanol–water partition coefficient (Wildman–Crippen LogP) is 3.09. The van der Waals surface area contributed by atoms with Gasteiger partial charge < -0.3 is 5.32 Å². The first kappa shape index (κ1) is 19.9. The van der Waals surface area contributed by atoms with Crippen LogP contribution in [0.2, 0.25) is 0 Å². The first-order chi connectivity index (χ1) is 12.1. The lowest BCUT2D eigenvalue weighted by Gasteiger charge is -2.25. The van der Waals surface area contributed by atoms with E-state index in [0.717, 1.165) is 27.3 Å². The molecule has 0 saturated carbocycles. The SMILES string of the molecule is Cc1cccc(N(CC(=O)NC(C)c2ccc(F)cc2)S(C)(=O)=O)c1C. The van der Waals surface area contributed by atoms with Gasteiger partial charge in [0.1, 0.15) is 12.4 Å². The molecule has 1 unspecified atom stereocenters. The molecule has 5 nitrogen and oxygen atoms in total. The summed E-state index contributed by atoms with van der Waals surface area (Å²) in [5.41, 5.74) is 2.96. The van der Waals surface area contributed by atoms with E-state index in [1.807, 2.05) is 19.9 Å². The van der Waals surface area contributed by atoms with E-state index in [2.05, 4.69) is 5.32 Å². The number of rotatable bonds is 6. The van der Waals surface area contributed by atoms with Crippen molar-refractivity contribution in [3.63, 3.8) is 0 Å². The fourth-order valence-electron chi connectivity index (χ4n) is 2.64. The van der Waals surface area contributed by atoms with E-state index in [9.17, 15) is 17.6 Å². The van der Waals surface area contributed by atoms with Crippen LogP contribution in [0.25, 0.3) is 0 Å². The first-order valence-electron chi connectivity index (χ1n) is 8.18. The summed E-state index contributed by atoms with van der Waals surface area (Å²) in [6.07, 6.45) is 1.07. The lowest BCUT2D eigenvalue weighted by atomic mass is 10.1. The second kappa shape index (κ2) is 7.86. The summed E-state index contributed by atoms with van der Waals surface area (Å²) >= 11 is 0. The molecule has 26 heavy (non-hydrogen) atoms. The number of carbonyl (C=O) groups is 1. The van der Waals surface area contributed by atoms with E-state index in [1.165, 1.54) is 12.1 Å². The van der Waals surface area contributed by atoms with Gasteiger partial charge >= 0.3 is 0 Å². The van der Waals surface area contributed by atoms with Gasteiger partial charge in [0.2, 0.25) is 15.9 Å². The van der Waals surface area contributed by atoms with Crippen LogP contribution in [0.15, 0.2) is 42.5 Å². The monoisotopic (exact) mass is 378 g/mol. The standard InChI is InChI=1S/C19H23FN2O3S/c1-13-6-5-7-18(14(13)2)22(26(4,24)25)12-19(23)21-15(3)16-8-10-17(20)11-9-16/h5-11,15H,12H2,1-4H3,(H,21,23). The van der Waals surface area contributed by atoms with Crippen LogP contribution in [0.4, 0.5) is 10.1 Å². The highest BCUT2D eigenvalue weighted by Gasteiger charge is 2.23. The Balaban J connectivity index is 2.19. The average Bonchev–Trinajstić information content (AvgIpc) is 2.55. The van der Waals surface area contributed by atoms with Crippen molar-refractivity contribution in [3.05, 3.63) is 65.0 Å². The van der Waals surface area contributed by atoms with Crippen molar-refractivity contribution in [1.29, 1.82) is 0 Å². The Kier molecular flexibility index (Phi) is 6.02. The first-order valence-corrected chi connectivity index (χ1v) is 10.0. The molecule has 0 aliphatic heterocycles. The molecule has 2 rings (SSSR count). The quantitative estimate of drug-likeness (QED) is 0.840. The molecule has 0 aromatic heterocycles. The zero-order chi connectivity index (χ0) is 19.5. The number of anilines is 1. The van der Waals surface area contributed by atoms with Crippen molar-refractivity contribution < 1.29 is 17.6 Å². The highest BCUT2D eigenvalue weighted by Crippen LogP contribution is 2.25. The van der Waals surface area contributed by atoms with E-state index >= 15 is 0 Å². The summed E-state index contributed by atoms with van der Waals surface area (Å²) in [4.78, 5) is 12.4. The maximum atomic E-state index is 13.0. The third-order valence-electron chi connectivity index (χ3n) is 4.28. The molecular formula is C19H23FN2O3S. The molecule has 0 aliphatic carbocycles. The molecule has 2 aromatic rings. The van der Waals surface area contributed by atoms with Crippen LogP contribution >= 0.6 is 0 Å². The normalized spacial score (nSPS) is 12.5. The minimum Gasteiger partial charge on any atom is -0.348 e. The fourth-order valence-corrected chi connectivity index (χ4v) is 3.55. The van der Waals surface area contributed by atoms with E-state index < -0.39 is 15.9 Å². The topological polar surface area (TPSA) is 66.5 Å². The molecule has 1 atom stereocenters. The molecule has 140 valence electrons. The van der Waals surface area contributed by atoms with Gasteiger partial charge in [0.05, 0.1) is 18.0 Å². The smallest absolute Gasteiger partial charge is 0.241 e. The maximum Gasteiger partial charge on any atom is 0.241 e. The number of amides is 1. The van der Waals surface area contributed by atoms with E-state index in [-0.39, 0.29) is 18.4 Å². The molecule has 7 heteroatoms. The Morgan fingerprint density at radius 2 is 1.77 bits per heavy atom. The lowest BCUT2D eigenvalue weighted by molar-refractivity contribution is -0.120. The predicted molar refractivity (Wildman–Crippen MR) is 101 cm³/mol. The summed E-state index contributed by atoms with van der Waals surface area (Å²) in [6.45, 7) is 5.14. The van der Waals surface area contributed by atoms with Crippen molar-refractivity contribution in [1.82, 2.24) is 5.32 Å². The van der Waals surface area contributed by atoms with Crippen molar-refractivity contribution in [2.45, 2.75) is 26.8 Å². The molecule has 0 radical (unpaired) electrons. The summed E-state index contributed by atoms with van der Waals surface area (Å²) in [5, 5.41) is 2.75. The van der Waals surface area contributed by atoms with Crippen molar-refractivity contribution in [2.24, 2.45) is 0 Å². The molecule has 0 spiro atoms. The summed E-state index contributed by atoms with van der Waals surface area (Å²) < 4.78 is 38.6. The minimum atomic E-state index is -3.64. The van der Waals surface area contributed by atoms with Crippen LogP contribution in [0.1, 0.15) is 29.7 Å². The zero-order valence-electron chi connectivity index (χ0n) is 15.3. The number of carbonyl (C=O) groups excluding carboxylic acids is 1. The Morgan fingerprint density at radius 1 is 1.15 bits per heavy atom. The maximum absolute atomic E-state index is 13.0.